The first-order valence-electron chi connectivity index (χ1n) is 15.8. The number of anilines is 4. The summed E-state index contributed by atoms with van der Waals surface area (Å²) in [4.78, 5) is 32.1. The molecule has 4 heterocycles. The van der Waals surface area contributed by atoms with E-state index in [1.807, 2.05) is 53.1 Å². The zero-order valence-electron chi connectivity index (χ0n) is 26.6. The number of halogens is 2. The second-order valence-electron chi connectivity index (χ2n) is 12.0. The summed E-state index contributed by atoms with van der Waals surface area (Å²) in [6.07, 6.45) is 5.97. The van der Waals surface area contributed by atoms with Crippen molar-refractivity contribution in [3.63, 3.8) is 0 Å². The molecule has 0 aliphatic carbocycles. The van der Waals surface area contributed by atoms with Crippen LogP contribution in [0.3, 0.4) is 0 Å². The molecule has 1 aliphatic heterocycles. The van der Waals surface area contributed by atoms with Gasteiger partial charge in [-0.25, -0.2) is 19.3 Å². The van der Waals surface area contributed by atoms with Gasteiger partial charge in [0.2, 0.25) is 5.95 Å². The molecule has 0 saturated carbocycles. The number of imidazole rings is 1. The topological polar surface area (TPSA) is 90.7 Å². The summed E-state index contributed by atoms with van der Waals surface area (Å²) in [5, 5.41) is 6.35. The van der Waals surface area contributed by atoms with E-state index in [-0.39, 0.29) is 10.6 Å². The van der Waals surface area contributed by atoms with Gasteiger partial charge in [-0.3, -0.25) is 9.20 Å². The van der Waals surface area contributed by atoms with Gasteiger partial charge in [-0.2, -0.15) is 0 Å². The lowest BCUT2D eigenvalue weighted by molar-refractivity contribution is 0.102. The molecular weight excluding hydrogens is 627 g/mol. The summed E-state index contributed by atoms with van der Waals surface area (Å²) in [5.74, 6) is -0.601. The highest BCUT2D eigenvalue weighted by Crippen LogP contribution is 2.34. The Kier molecular flexibility index (Phi) is 8.75. The highest BCUT2D eigenvalue weighted by atomic mass is 35.5. The van der Waals surface area contributed by atoms with Crippen molar-refractivity contribution in [1.29, 1.82) is 0 Å². The van der Waals surface area contributed by atoms with Crippen LogP contribution in [-0.4, -0.2) is 63.4 Å². The predicted octanol–water partition coefficient (Wildman–Crippen LogP) is 7.78. The van der Waals surface area contributed by atoms with Crippen LogP contribution in [0.15, 0.2) is 103 Å². The highest BCUT2D eigenvalue weighted by Gasteiger charge is 2.21. The lowest BCUT2D eigenvalue weighted by atomic mass is 10.0. The molecule has 0 radical (unpaired) electrons. The largest absolute Gasteiger partial charge is 0.371 e. The summed E-state index contributed by atoms with van der Waals surface area (Å²) in [6.45, 7) is 2.08. The van der Waals surface area contributed by atoms with Gasteiger partial charge in [-0.05, 0) is 99.7 Å². The normalized spacial score (nSPS) is 13.6. The molecule has 0 atom stereocenters. The van der Waals surface area contributed by atoms with Crippen molar-refractivity contribution >= 4 is 46.2 Å². The SMILES string of the molecule is CN(C)C1CCN(c2ccc(Nc3nccc(-c4c(-c5cccc(NC(=O)c6cc(F)ccc6Cl)c5)nc5ccccn45)n3)cc2)CC1. The van der Waals surface area contributed by atoms with E-state index >= 15 is 0 Å². The average molecular weight is 661 g/mol. The van der Waals surface area contributed by atoms with Crippen molar-refractivity contribution in [1.82, 2.24) is 24.3 Å². The maximum atomic E-state index is 13.8. The molecular formula is C37H34ClFN8O. The monoisotopic (exact) mass is 660 g/mol. The second kappa shape index (κ2) is 13.4. The maximum Gasteiger partial charge on any atom is 0.257 e. The number of pyridine rings is 1. The van der Waals surface area contributed by atoms with Gasteiger partial charge in [0, 0.05) is 54.2 Å². The lowest BCUT2D eigenvalue weighted by Gasteiger charge is -2.36. The van der Waals surface area contributed by atoms with Crippen LogP contribution in [0.25, 0.3) is 28.3 Å². The first-order valence-corrected chi connectivity index (χ1v) is 16.2. The van der Waals surface area contributed by atoms with Crippen LogP contribution in [0, 0.1) is 5.82 Å². The van der Waals surface area contributed by atoms with Crippen molar-refractivity contribution in [2.24, 2.45) is 0 Å². The molecule has 1 aliphatic rings. The molecule has 0 spiro atoms. The molecule has 242 valence electrons. The van der Waals surface area contributed by atoms with Gasteiger partial charge in [0.1, 0.15) is 11.5 Å². The summed E-state index contributed by atoms with van der Waals surface area (Å²) in [5.41, 5.74) is 6.27. The average Bonchev–Trinajstić information content (AvgIpc) is 3.50. The van der Waals surface area contributed by atoms with Gasteiger partial charge in [0.05, 0.1) is 27.7 Å². The van der Waals surface area contributed by atoms with Gasteiger partial charge in [0.15, 0.2) is 0 Å². The van der Waals surface area contributed by atoms with Crippen molar-refractivity contribution in [3.05, 3.63) is 120 Å². The predicted molar refractivity (Wildman–Crippen MR) is 190 cm³/mol. The number of nitrogens with one attached hydrogen (secondary N) is 2. The van der Waals surface area contributed by atoms with Crippen molar-refractivity contribution in [3.8, 4) is 22.6 Å². The summed E-state index contributed by atoms with van der Waals surface area (Å²) in [7, 11) is 4.31. The van der Waals surface area contributed by atoms with Gasteiger partial charge < -0.3 is 20.4 Å². The fraction of sp³-hybridized carbons (Fsp3) is 0.189. The maximum absolute atomic E-state index is 13.8. The second-order valence-corrected chi connectivity index (χ2v) is 12.4. The van der Waals surface area contributed by atoms with E-state index in [1.165, 1.54) is 17.8 Å². The first kappa shape index (κ1) is 31.3. The van der Waals surface area contributed by atoms with Crippen molar-refractivity contribution in [2.45, 2.75) is 18.9 Å². The Bertz CT molecular complexity index is 2090. The smallest absolute Gasteiger partial charge is 0.257 e. The number of rotatable bonds is 8. The highest BCUT2D eigenvalue weighted by molar-refractivity contribution is 6.34. The Labute approximate surface area is 283 Å². The Morgan fingerprint density at radius 3 is 2.52 bits per heavy atom. The van der Waals surface area contributed by atoms with E-state index < -0.39 is 11.7 Å². The van der Waals surface area contributed by atoms with Crippen LogP contribution in [0.5, 0.6) is 0 Å². The number of carbonyl (C=O) groups is 1. The Morgan fingerprint density at radius 1 is 0.917 bits per heavy atom. The van der Waals surface area contributed by atoms with Crippen LogP contribution in [0.1, 0.15) is 23.2 Å². The lowest BCUT2D eigenvalue weighted by Crippen LogP contribution is -2.41. The molecule has 7 rings (SSSR count). The molecule has 48 heavy (non-hydrogen) atoms. The summed E-state index contributed by atoms with van der Waals surface area (Å²) in [6, 6.07) is 27.7. The van der Waals surface area contributed by atoms with E-state index in [9.17, 15) is 9.18 Å². The fourth-order valence-electron chi connectivity index (χ4n) is 6.13. The van der Waals surface area contributed by atoms with Crippen LogP contribution in [-0.2, 0) is 0 Å². The minimum Gasteiger partial charge on any atom is -0.371 e. The van der Waals surface area contributed by atoms with E-state index in [0.29, 0.717) is 29.1 Å². The Balaban J connectivity index is 1.15. The minimum atomic E-state index is -0.542. The third-order valence-corrected chi connectivity index (χ3v) is 9.01. The molecule has 1 fully saturated rings. The zero-order valence-corrected chi connectivity index (χ0v) is 27.3. The third kappa shape index (κ3) is 6.58. The zero-order chi connectivity index (χ0) is 33.2. The standard InChI is InChI=1S/C37H34ClFN8O/c1-45(2)28-16-20-46(21-17-28)29-12-10-26(11-13-29)42-37-40-18-15-32(43-37)35-34(44-33-8-3-4-19-47(33)35)24-6-5-7-27(22-24)41-36(48)30-23-25(39)9-14-31(30)38/h3-15,18-19,22-23,28H,16-17,20-21H2,1-2H3,(H,41,48)(H,40,42,43). The molecule has 3 aromatic carbocycles. The quantitative estimate of drug-likeness (QED) is 0.172. The molecule has 6 aromatic rings. The molecule has 9 nitrogen and oxygen atoms in total. The molecule has 11 heteroatoms. The molecule has 0 bridgehead atoms. The van der Waals surface area contributed by atoms with Gasteiger partial charge >= 0.3 is 0 Å². The molecule has 2 N–H and O–H groups in total. The molecule has 0 unspecified atom stereocenters. The number of piperidine rings is 1. The van der Waals surface area contributed by atoms with Crippen LogP contribution < -0.4 is 15.5 Å². The number of aromatic nitrogens is 4. The number of nitrogens with zero attached hydrogens (tertiary/aromatic N) is 6. The van der Waals surface area contributed by atoms with Crippen LogP contribution in [0.4, 0.5) is 27.4 Å². The Hall–Kier alpha value is -5.32. The number of amides is 1. The number of hydrogen-bond acceptors (Lipinski definition) is 7. The van der Waals surface area contributed by atoms with Crippen LogP contribution >= 0.6 is 11.6 Å². The summed E-state index contributed by atoms with van der Waals surface area (Å²) >= 11 is 6.17. The fourth-order valence-corrected chi connectivity index (χ4v) is 6.34. The number of carbonyl (C=O) groups excluding carboxylic acids is 1. The van der Waals surface area contributed by atoms with Gasteiger partial charge in [-0.1, -0.05) is 29.8 Å². The Morgan fingerprint density at radius 2 is 1.73 bits per heavy atom. The van der Waals surface area contributed by atoms with E-state index in [4.69, 9.17) is 21.6 Å². The molecule has 1 amide bonds. The molecule has 1 saturated heterocycles. The first-order chi connectivity index (χ1) is 23.3. The van der Waals surface area contributed by atoms with Gasteiger partial charge in [0.25, 0.3) is 5.91 Å². The van der Waals surface area contributed by atoms with E-state index in [0.717, 1.165) is 54.6 Å². The molecule has 3 aromatic heterocycles. The van der Waals surface area contributed by atoms with Gasteiger partial charge in [-0.15, -0.1) is 0 Å². The number of hydrogen-bond donors (Lipinski definition) is 2. The summed E-state index contributed by atoms with van der Waals surface area (Å²) < 4.78 is 15.8. The van der Waals surface area contributed by atoms with Crippen molar-refractivity contribution in [2.75, 3.05) is 42.7 Å². The number of fused-ring (bicyclic) bond motifs is 1. The van der Waals surface area contributed by atoms with E-state index in [1.54, 1.807) is 12.3 Å². The van der Waals surface area contributed by atoms with Crippen molar-refractivity contribution < 1.29 is 9.18 Å². The van der Waals surface area contributed by atoms with E-state index in [2.05, 4.69) is 63.8 Å². The number of benzene rings is 3. The third-order valence-electron chi connectivity index (χ3n) is 8.68. The minimum absolute atomic E-state index is 0.0517. The van der Waals surface area contributed by atoms with Crippen LogP contribution in [0.2, 0.25) is 5.02 Å².